The summed E-state index contributed by atoms with van der Waals surface area (Å²) >= 11 is 10.6. The van der Waals surface area contributed by atoms with Crippen LogP contribution in [0.25, 0.3) is 0 Å². The molecule has 2 heterocycles. The average Bonchev–Trinajstić information content (AvgIpc) is 3.02. The number of amides is 2. The molecule has 1 aliphatic rings. The van der Waals surface area contributed by atoms with E-state index in [1.165, 1.54) is 29.3 Å². The number of rotatable bonds is 5. The van der Waals surface area contributed by atoms with Gasteiger partial charge in [-0.2, -0.15) is 0 Å². The molecule has 146 valence electrons. The van der Waals surface area contributed by atoms with E-state index < -0.39 is 23.9 Å². The summed E-state index contributed by atoms with van der Waals surface area (Å²) in [6, 6.07) is 6.97. The van der Waals surface area contributed by atoms with Crippen LogP contribution in [0.3, 0.4) is 0 Å². The molecule has 0 radical (unpaired) electrons. The minimum atomic E-state index is -0.763. The summed E-state index contributed by atoms with van der Waals surface area (Å²) in [6.07, 6.45) is 0.370. The Hall–Kier alpha value is -2.78. The molecule has 1 saturated heterocycles. The van der Waals surface area contributed by atoms with Crippen molar-refractivity contribution in [2.75, 3.05) is 23.3 Å². The zero-order valence-electron chi connectivity index (χ0n) is 14.7. The number of hydrogen-bond acceptors (Lipinski definition) is 5. The number of pyridine rings is 1. The monoisotopic (exact) mass is 422 g/mol. The Kier molecular flexibility index (Phi) is 6.05. The first kappa shape index (κ1) is 20.0. The number of ether oxygens (including phenoxy) is 1. The Labute approximate surface area is 170 Å². The number of carbonyl (C=O) groups is 2. The largest absolute Gasteiger partial charge is 0.442 e. The van der Waals surface area contributed by atoms with E-state index in [1.807, 2.05) is 0 Å². The second-order valence-electron chi connectivity index (χ2n) is 6.04. The van der Waals surface area contributed by atoms with E-state index >= 15 is 0 Å². The van der Waals surface area contributed by atoms with Crippen LogP contribution in [0.1, 0.15) is 17.3 Å². The third-order valence-corrected chi connectivity index (χ3v) is 4.31. The summed E-state index contributed by atoms with van der Waals surface area (Å²) in [5.41, 5.74) is 0.514. The number of cyclic esters (lactones) is 1. The Morgan fingerprint density at radius 3 is 2.86 bits per heavy atom. The van der Waals surface area contributed by atoms with Gasteiger partial charge in [0.1, 0.15) is 17.1 Å². The lowest BCUT2D eigenvalue weighted by atomic mass is 10.1. The molecule has 0 unspecified atom stereocenters. The van der Waals surface area contributed by atoms with Crippen LogP contribution < -0.4 is 15.5 Å². The van der Waals surface area contributed by atoms with Crippen molar-refractivity contribution in [2.24, 2.45) is 0 Å². The third kappa shape index (κ3) is 4.73. The predicted molar refractivity (Wildman–Crippen MR) is 107 cm³/mol. The van der Waals surface area contributed by atoms with Crippen molar-refractivity contribution in [2.45, 2.75) is 13.0 Å². The Bertz CT molecular complexity index is 926. The molecule has 0 saturated carbocycles. The van der Waals surface area contributed by atoms with Gasteiger partial charge in [-0.15, -0.1) is 0 Å². The average molecular weight is 423 g/mol. The molecule has 1 fully saturated rings. The van der Waals surface area contributed by atoms with Crippen LogP contribution in [0.5, 0.6) is 0 Å². The van der Waals surface area contributed by atoms with E-state index in [0.29, 0.717) is 22.9 Å². The molecule has 1 aromatic carbocycles. The molecular formula is C18H16ClFN4O3S. The van der Waals surface area contributed by atoms with Crippen LogP contribution in [0.2, 0.25) is 5.15 Å². The number of benzene rings is 1. The summed E-state index contributed by atoms with van der Waals surface area (Å²) in [6.45, 7) is 2.34. The van der Waals surface area contributed by atoms with Crippen molar-refractivity contribution in [1.82, 2.24) is 10.3 Å². The van der Waals surface area contributed by atoms with Gasteiger partial charge in [-0.25, -0.2) is 14.2 Å². The number of anilines is 2. The van der Waals surface area contributed by atoms with Crippen molar-refractivity contribution >= 4 is 52.2 Å². The van der Waals surface area contributed by atoms with E-state index in [-0.39, 0.29) is 17.3 Å². The number of carbonyl (C=O) groups excluding carboxylic acids is 2. The van der Waals surface area contributed by atoms with Gasteiger partial charge in [-0.1, -0.05) is 23.8 Å². The Balaban J connectivity index is 1.69. The summed E-state index contributed by atoms with van der Waals surface area (Å²) < 4.78 is 19.7. The number of thiocarbonyl (C=S) groups is 1. The summed E-state index contributed by atoms with van der Waals surface area (Å²) in [4.78, 5) is 30.1. The normalized spacial score (nSPS) is 15.9. The Morgan fingerprint density at radius 2 is 2.21 bits per heavy atom. The van der Waals surface area contributed by atoms with Crippen LogP contribution in [-0.2, 0) is 4.74 Å². The highest BCUT2D eigenvalue weighted by atomic mass is 35.5. The fourth-order valence-electron chi connectivity index (χ4n) is 2.60. The van der Waals surface area contributed by atoms with Gasteiger partial charge in [-0.3, -0.25) is 9.69 Å². The first-order valence-corrected chi connectivity index (χ1v) is 9.07. The number of halogens is 2. The third-order valence-electron chi connectivity index (χ3n) is 3.95. The molecule has 2 aromatic rings. The number of nitrogens with one attached hydrogen (secondary N) is 2. The van der Waals surface area contributed by atoms with Crippen molar-refractivity contribution < 1.29 is 18.7 Å². The van der Waals surface area contributed by atoms with Gasteiger partial charge in [0.15, 0.2) is 0 Å². The van der Waals surface area contributed by atoms with Gasteiger partial charge in [0.25, 0.3) is 5.91 Å². The predicted octanol–water partition coefficient (Wildman–Crippen LogP) is 3.39. The molecule has 7 nitrogen and oxygen atoms in total. The van der Waals surface area contributed by atoms with Crippen LogP contribution in [0.4, 0.5) is 20.6 Å². The molecule has 10 heteroatoms. The lowest BCUT2D eigenvalue weighted by Crippen LogP contribution is -2.32. The molecule has 0 spiro atoms. The zero-order valence-corrected chi connectivity index (χ0v) is 16.3. The number of aromatic nitrogens is 1. The highest BCUT2D eigenvalue weighted by Gasteiger charge is 2.32. The SMILES string of the molecule is CC(=S)NC[C@H]1CN(c2ccc(C(=O)Nc3ccc(Cl)nc3)c(F)c2)C(=O)O1. The number of hydrogen-bond donors (Lipinski definition) is 2. The number of nitrogens with zero attached hydrogens (tertiary/aromatic N) is 2. The van der Waals surface area contributed by atoms with Gasteiger partial charge in [0.05, 0.1) is 41.2 Å². The van der Waals surface area contributed by atoms with Crippen molar-refractivity contribution in [1.29, 1.82) is 0 Å². The molecule has 0 aliphatic carbocycles. The summed E-state index contributed by atoms with van der Waals surface area (Å²) in [5, 5.41) is 5.74. The molecule has 28 heavy (non-hydrogen) atoms. The molecule has 1 atom stereocenters. The quantitative estimate of drug-likeness (QED) is 0.567. The molecule has 3 rings (SSSR count). The lowest BCUT2D eigenvalue weighted by Gasteiger charge is -2.14. The van der Waals surface area contributed by atoms with E-state index in [4.69, 9.17) is 28.6 Å². The fourth-order valence-corrected chi connectivity index (χ4v) is 2.80. The second kappa shape index (κ2) is 8.49. The van der Waals surface area contributed by atoms with E-state index in [2.05, 4.69) is 15.6 Å². The maximum absolute atomic E-state index is 14.5. The van der Waals surface area contributed by atoms with Crippen LogP contribution >= 0.6 is 23.8 Å². The highest BCUT2D eigenvalue weighted by molar-refractivity contribution is 7.80. The smallest absolute Gasteiger partial charge is 0.414 e. The van der Waals surface area contributed by atoms with Gasteiger partial charge >= 0.3 is 6.09 Å². The van der Waals surface area contributed by atoms with Crippen molar-refractivity contribution in [3.05, 3.63) is 53.1 Å². The van der Waals surface area contributed by atoms with Gasteiger partial charge in [0, 0.05) is 0 Å². The van der Waals surface area contributed by atoms with Crippen molar-refractivity contribution in [3.8, 4) is 0 Å². The standard InChI is InChI=1S/C18H16ClFN4O3S/c1-10(28)21-8-13-9-24(18(26)27-13)12-3-4-14(15(20)6-12)17(25)23-11-2-5-16(19)22-7-11/h2-7,13H,8-9H2,1H3,(H,21,28)(H,23,25)/t13-/m0/s1. The van der Waals surface area contributed by atoms with Crippen LogP contribution in [-0.4, -0.2) is 41.2 Å². The van der Waals surface area contributed by atoms with Gasteiger partial charge in [-0.05, 0) is 37.3 Å². The molecular weight excluding hydrogens is 407 g/mol. The van der Waals surface area contributed by atoms with Gasteiger partial charge < -0.3 is 15.4 Å². The topological polar surface area (TPSA) is 83.6 Å². The molecule has 2 N–H and O–H groups in total. The van der Waals surface area contributed by atoms with E-state index in [9.17, 15) is 14.0 Å². The molecule has 0 bridgehead atoms. The highest BCUT2D eigenvalue weighted by Crippen LogP contribution is 2.24. The second-order valence-corrected chi connectivity index (χ2v) is 7.04. The zero-order chi connectivity index (χ0) is 20.3. The minimum absolute atomic E-state index is 0.166. The van der Waals surface area contributed by atoms with Gasteiger partial charge in [0.2, 0.25) is 0 Å². The van der Waals surface area contributed by atoms with E-state index in [1.54, 1.807) is 13.0 Å². The van der Waals surface area contributed by atoms with Crippen LogP contribution in [0.15, 0.2) is 36.5 Å². The maximum Gasteiger partial charge on any atom is 0.414 e. The molecule has 1 aromatic heterocycles. The molecule has 2 amide bonds. The van der Waals surface area contributed by atoms with E-state index in [0.717, 1.165) is 6.07 Å². The minimum Gasteiger partial charge on any atom is -0.442 e. The first-order chi connectivity index (χ1) is 13.3. The summed E-state index contributed by atoms with van der Waals surface area (Å²) in [5.74, 6) is -1.41. The summed E-state index contributed by atoms with van der Waals surface area (Å²) in [7, 11) is 0. The first-order valence-electron chi connectivity index (χ1n) is 8.28. The lowest BCUT2D eigenvalue weighted by molar-refractivity contribution is 0.102. The Morgan fingerprint density at radius 1 is 1.43 bits per heavy atom. The van der Waals surface area contributed by atoms with Crippen molar-refractivity contribution in [3.63, 3.8) is 0 Å². The fraction of sp³-hybridized carbons (Fsp3) is 0.222. The maximum atomic E-state index is 14.5. The van der Waals surface area contributed by atoms with Crippen LogP contribution in [0, 0.1) is 5.82 Å². The molecule has 1 aliphatic heterocycles.